The summed E-state index contributed by atoms with van der Waals surface area (Å²) in [5.74, 6) is 2.94. The van der Waals surface area contributed by atoms with Crippen molar-refractivity contribution < 1.29 is 9.47 Å². The van der Waals surface area contributed by atoms with E-state index in [4.69, 9.17) is 9.47 Å². The number of ether oxygens (including phenoxy) is 2. The molecule has 2 nitrogen and oxygen atoms in total. The molecule has 0 spiro atoms. The van der Waals surface area contributed by atoms with E-state index in [9.17, 15) is 0 Å². The summed E-state index contributed by atoms with van der Waals surface area (Å²) < 4.78 is 10.9. The minimum Gasteiger partial charge on any atom is -0.493 e. The maximum Gasteiger partial charge on any atom is 0.161 e. The van der Waals surface area contributed by atoms with E-state index >= 15 is 0 Å². The Bertz CT molecular complexity index is 675. The lowest BCUT2D eigenvalue weighted by molar-refractivity contribution is 0.354. The molecule has 0 saturated carbocycles. The summed E-state index contributed by atoms with van der Waals surface area (Å²) >= 11 is 0. The van der Waals surface area contributed by atoms with Gasteiger partial charge in [0, 0.05) is 5.92 Å². The third kappa shape index (κ3) is 1.51. The molecule has 2 atom stereocenters. The second kappa shape index (κ2) is 4.27. The normalized spacial score (nSPS) is 22.1. The van der Waals surface area contributed by atoms with Crippen molar-refractivity contribution in [2.75, 3.05) is 14.2 Å². The summed E-state index contributed by atoms with van der Waals surface area (Å²) in [4.78, 5) is 0. The largest absolute Gasteiger partial charge is 0.493 e. The number of fused-ring (bicyclic) bond motifs is 5. The first kappa shape index (κ1) is 11.8. The highest BCUT2D eigenvalue weighted by atomic mass is 16.5. The van der Waals surface area contributed by atoms with Crippen molar-refractivity contribution in [1.82, 2.24) is 0 Å². The standard InChI is InChI=1S/C18H18O2/c1-19-16-9-12-8-13-7-11-5-3-4-6-14(11)18(13)15(12)10-17(16)20-2/h3-6,9-10,13,18H,7-8H2,1-2H3. The van der Waals surface area contributed by atoms with E-state index in [0.29, 0.717) is 11.8 Å². The molecule has 2 aliphatic carbocycles. The van der Waals surface area contributed by atoms with Crippen LogP contribution in [0.5, 0.6) is 11.5 Å². The summed E-state index contributed by atoms with van der Waals surface area (Å²) in [7, 11) is 3.41. The lowest BCUT2D eigenvalue weighted by Gasteiger charge is -2.15. The summed E-state index contributed by atoms with van der Waals surface area (Å²) in [5, 5.41) is 0. The Morgan fingerprint density at radius 2 is 1.55 bits per heavy atom. The predicted octanol–water partition coefficient (Wildman–Crippen LogP) is 3.56. The van der Waals surface area contributed by atoms with Crippen LogP contribution in [0.15, 0.2) is 36.4 Å². The molecule has 0 amide bonds. The quantitative estimate of drug-likeness (QED) is 0.827. The van der Waals surface area contributed by atoms with Gasteiger partial charge < -0.3 is 9.47 Å². The van der Waals surface area contributed by atoms with Crippen LogP contribution in [0.4, 0.5) is 0 Å². The van der Waals surface area contributed by atoms with Crippen molar-refractivity contribution in [3.63, 3.8) is 0 Å². The third-order valence-corrected chi connectivity index (χ3v) is 4.81. The lowest BCUT2D eigenvalue weighted by Crippen LogP contribution is -2.02. The van der Waals surface area contributed by atoms with Crippen LogP contribution in [0.2, 0.25) is 0 Å². The molecule has 20 heavy (non-hydrogen) atoms. The Balaban J connectivity index is 1.86. The molecule has 0 N–H and O–H groups in total. The van der Waals surface area contributed by atoms with Crippen molar-refractivity contribution in [2.24, 2.45) is 5.92 Å². The van der Waals surface area contributed by atoms with Gasteiger partial charge in [-0.1, -0.05) is 24.3 Å². The molecular weight excluding hydrogens is 248 g/mol. The van der Waals surface area contributed by atoms with Gasteiger partial charge in [0.25, 0.3) is 0 Å². The Morgan fingerprint density at radius 3 is 2.35 bits per heavy atom. The van der Waals surface area contributed by atoms with Crippen LogP contribution in [-0.2, 0) is 12.8 Å². The van der Waals surface area contributed by atoms with Crippen molar-refractivity contribution in [1.29, 1.82) is 0 Å². The first-order valence-electron chi connectivity index (χ1n) is 7.14. The molecule has 102 valence electrons. The maximum absolute atomic E-state index is 5.47. The minimum absolute atomic E-state index is 0.543. The molecule has 0 bridgehead atoms. The van der Waals surface area contributed by atoms with E-state index in [0.717, 1.165) is 17.9 Å². The zero-order valence-corrected chi connectivity index (χ0v) is 11.8. The lowest BCUT2D eigenvalue weighted by atomic mass is 9.92. The molecule has 2 unspecified atom stereocenters. The molecule has 0 heterocycles. The maximum atomic E-state index is 5.47. The van der Waals surface area contributed by atoms with Gasteiger partial charge in [-0.05, 0) is 53.1 Å². The Kier molecular flexibility index (Phi) is 2.53. The second-order valence-corrected chi connectivity index (χ2v) is 5.75. The van der Waals surface area contributed by atoms with E-state index in [-0.39, 0.29) is 0 Å². The topological polar surface area (TPSA) is 18.5 Å². The summed E-state index contributed by atoms with van der Waals surface area (Å²) in [6.07, 6.45) is 2.34. The van der Waals surface area contributed by atoms with Gasteiger partial charge in [0.05, 0.1) is 14.2 Å². The third-order valence-electron chi connectivity index (χ3n) is 4.81. The fourth-order valence-corrected chi connectivity index (χ4v) is 3.97. The number of benzene rings is 2. The molecule has 0 aromatic heterocycles. The van der Waals surface area contributed by atoms with E-state index in [2.05, 4.69) is 36.4 Å². The van der Waals surface area contributed by atoms with E-state index < -0.39 is 0 Å². The van der Waals surface area contributed by atoms with Gasteiger partial charge in [0.2, 0.25) is 0 Å². The minimum atomic E-state index is 0.543. The molecular formula is C18H18O2. The Morgan fingerprint density at radius 1 is 0.850 bits per heavy atom. The molecule has 2 aromatic carbocycles. The molecule has 0 saturated heterocycles. The Labute approximate surface area is 119 Å². The summed E-state index contributed by atoms with van der Waals surface area (Å²) in [6, 6.07) is 13.2. The van der Waals surface area contributed by atoms with Crippen LogP contribution in [0.3, 0.4) is 0 Å². The van der Waals surface area contributed by atoms with Crippen molar-refractivity contribution >= 4 is 0 Å². The zero-order valence-electron chi connectivity index (χ0n) is 11.8. The van der Waals surface area contributed by atoms with Gasteiger partial charge in [0.1, 0.15) is 0 Å². The summed E-state index contributed by atoms with van der Waals surface area (Å²) in [5.41, 5.74) is 5.87. The highest BCUT2D eigenvalue weighted by Gasteiger charge is 2.40. The average Bonchev–Trinajstić information content (AvgIpc) is 3.00. The van der Waals surface area contributed by atoms with Crippen LogP contribution >= 0.6 is 0 Å². The van der Waals surface area contributed by atoms with Gasteiger partial charge in [-0.15, -0.1) is 0 Å². The predicted molar refractivity (Wildman–Crippen MR) is 78.7 cm³/mol. The van der Waals surface area contributed by atoms with Gasteiger partial charge in [-0.25, -0.2) is 0 Å². The molecule has 2 heteroatoms. The number of rotatable bonds is 2. The van der Waals surface area contributed by atoms with Gasteiger partial charge in [0.15, 0.2) is 11.5 Å². The van der Waals surface area contributed by atoms with Crippen LogP contribution in [-0.4, -0.2) is 14.2 Å². The van der Waals surface area contributed by atoms with E-state index in [1.165, 1.54) is 28.7 Å². The monoisotopic (exact) mass is 266 g/mol. The molecule has 0 fully saturated rings. The average molecular weight is 266 g/mol. The van der Waals surface area contributed by atoms with E-state index in [1.54, 1.807) is 14.2 Å². The molecule has 0 radical (unpaired) electrons. The number of hydrogen-bond donors (Lipinski definition) is 0. The number of hydrogen-bond acceptors (Lipinski definition) is 2. The first-order chi connectivity index (χ1) is 9.81. The first-order valence-corrected chi connectivity index (χ1v) is 7.14. The van der Waals surface area contributed by atoms with Crippen molar-refractivity contribution in [3.8, 4) is 11.5 Å². The van der Waals surface area contributed by atoms with E-state index in [1.807, 2.05) is 0 Å². The molecule has 2 aromatic rings. The van der Waals surface area contributed by atoms with Crippen LogP contribution < -0.4 is 9.47 Å². The van der Waals surface area contributed by atoms with Gasteiger partial charge >= 0.3 is 0 Å². The molecule has 0 aliphatic heterocycles. The highest BCUT2D eigenvalue weighted by Crippen LogP contribution is 2.52. The highest BCUT2D eigenvalue weighted by molar-refractivity contribution is 5.56. The Hall–Kier alpha value is -1.96. The smallest absolute Gasteiger partial charge is 0.161 e. The number of methoxy groups -OCH3 is 2. The second-order valence-electron chi connectivity index (χ2n) is 5.75. The van der Waals surface area contributed by atoms with Gasteiger partial charge in [-0.3, -0.25) is 0 Å². The summed E-state index contributed by atoms with van der Waals surface area (Å²) in [6.45, 7) is 0. The van der Waals surface area contributed by atoms with Crippen molar-refractivity contribution in [2.45, 2.75) is 18.8 Å². The fraction of sp³-hybridized carbons (Fsp3) is 0.333. The molecule has 2 aliphatic rings. The van der Waals surface area contributed by atoms with Crippen LogP contribution in [0.1, 0.15) is 28.2 Å². The zero-order chi connectivity index (χ0) is 13.7. The van der Waals surface area contributed by atoms with Crippen LogP contribution in [0.25, 0.3) is 0 Å². The molecule has 4 rings (SSSR count). The van der Waals surface area contributed by atoms with Gasteiger partial charge in [-0.2, -0.15) is 0 Å². The SMILES string of the molecule is COc1cc2c(cc1OC)C1c3ccccc3CC1C2. The van der Waals surface area contributed by atoms with Crippen LogP contribution in [0, 0.1) is 5.92 Å². The fourth-order valence-electron chi connectivity index (χ4n) is 3.97. The van der Waals surface area contributed by atoms with Crippen molar-refractivity contribution in [3.05, 3.63) is 58.7 Å².